The lowest BCUT2D eigenvalue weighted by atomic mass is 10.2. The first-order valence-electron chi connectivity index (χ1n) is 8.87. The fourth-order valence-corrected chi connectivity index (χ4v) is 3.75. The van der Waals surface area contributed by atoms with Crippen LogP contribution in [0, 0.1) is 0 Å². The molecule has 0 aliphatic heterocycles. The fourth-order valence-electron chi connectivity index (χ4n) is 2.73. The third-order valence-electron chi connectivity index (χ3n) is 4.34. The van der Waals surface area contributed by atoms with E-state index in [1.807, 2.05) is 18.2 Å². The quantitative estimate of drug-likeness (QED) is 0.495. The molecular weight excluding hydrogens is 447 g/mol. The molecule has 0 heterocycles. The van der Waals surface area contributed by atoms with Crippen LogP contribution in [0.4, 0.5) is 5.69 Å². The van der Waals surface area contributed by atoms with Crippen molar-refractivity contribution in [3.8, 4) is 11.5 Å². The Morgan fingerprint density at radius 1 is 0.967 bits per heavy atom. The van der Waals surface area contributed by atoms with Gasteiger partial charge >= 0.3 is 0 Å². The Morgan fingerprint density at radius 2 is 1.63 bits per heavy atom. The molecule has 0 saturated carbocycles. The van der Waals surface area contributed by atoms with Crippen molar-refractivity contribution in [3.05, 3.63) is 81.8 Å². The van der Waals surface area contributed by atoms with Gasteiger partial charge in [0.2, 0.25) is 10.0 Å². The van der Waals surface area contributed by atoms with Crippen LogP contribution < -0.4 is 19.9 Å². The molecule has 3 aromatic rings. The summed E-state index contributed by atoms with van der Waals surface area (Å²) in [4.78, 5) is 0.0647. The molecule has 6 nitrogen and oxygen atoms in total. The Kier molecular flexibility index (Phi) is 7.10. The predicted octanol–water partition coefficient (Wildman–Crippen LogP) is 4.84. The summed E-state index contributed by atoms with van der Waals surface area (Å²) < 4.78 is 33.9. The second-order valence-electron chi connectivity index (χ2n) is 6.40. The lowest BCUT2D eigenvalue weighted by Crippen LogP contribution is -2.12. The van der Waals surface area contributed by atoms with Crippen LogP contribution in [0.2, 0.25) is 10.0 Å². The largest absolute Gasteiger partial charge is 0.493 e. The van der Waals surface area contributed by atoms with Gasteiger partial charge in [0, 0.05) is 27.8 Å². The van der Waals surface area contributed by atoms with Gasteiger partial charge in [0.1, 0.15) is 6.61 Å². The number of nitrogens with one attached hydrogen (secondary N) is 1. The van der Waals surface area contributed by atoms with E-state index in [4.69, 9.17) is 37.8 Å². The number of rotatable bonds is 8. The number of nitrogens with two attached hydrogens (primary N) is 1. The number of methoxy groups -OCH3 is 1. The van der Waals surface area contributed by atoms with E-state index in [-0.39, 0.29) is 11.5 Å². The van der Waals surface area contributed by atoms with Gasteiger partial charge in [-0.15, -0.1) is 0 Å². The van der Waals surface area contributed by atoms with Crippen molar-refractivity contribution in [2.24, 2.45) is 5.14 Å². The molecule has 0 atom stereocenters. The van der Waals surface area contributed by atoms with E-state index in [9.17, 15) is 8.42 Å². The fraction of sp³-hybridized carbons (Fsp3) is 0.143. The van der Waals surface area contributed by atoms with Crippen molar-refractivity contribution in [1.82, 2.24) is 0 Å². The number of halogens is 2. The predicted molar refractivity (Wildman–Crippen MR) is 119 cm³/mol. The first-order chi connectivity index (χ1) is 14.3. The number of primary sulfonamides is 1. The van der Waals surface area contributed by atoms with E-state index >= 15 is 0 Å². The summed E-state index contributed by atoms with van der Waals surface area (Å²) in [7, 11) is -2.14. The molecule has 0 radical (unpaired) electrons. The summed E-state index contributed by atoms with van der Waals surface area (Å²) >= 11 is 12.4. The van der Waals surface area contributed by atoms with Crippen molar-refractivity contribution >= 4 is 38.9 Å². The summed E-state index contributed by atoms with van der Waals surface area (Å²) in [6, 6.07) is 17.1. The maximum atomic E-state index is 11.3. The minimum Gasteiger partial charge on any atom is -0.493 e. The van der Waals surface area contributed by atoms with E-state index < -0.39 is 10.0 Å². The maximum Gasteiger partial charge on any atom is 0.238 e. The molecule has 0 saturated heterocycles. The van der Waals surface area contributed by atoms with Crippen molar-refractivity contribution in [2.45, 2.75) is 18.0 Å². The standard InChI is InChI=1S/C21H20Cl2N2O4S/c1-28-21-11-14(12-25-15-6-8-16(9-7-15)30(24,26)27)5-10-20(21)29-13-17-18(22)3-2-4-19(17)23/h2-11,25H,12-13H2,1H3,(H2,24,26,27). The van der Waals surface area contributed by atoms with E-state index in [0.29, 0.717) is 33.7 Å². The summed E-state index contributed by atoms with van der Waals surface area (Å²) in [5, 5.41) is 9.40. The molecule has 158 valence electrons. The van der Waals surface area contributed by atoms with Gasteiger partial charge < -0.3 is 14.8 Å². The molecule has 30 heavy (non-hydrogen) atoms. The number of sulfonamides is 1. The Balaban J connectivity index is 1.66. The lowest BCUT2D eigenvalue weighted by molar-refractivity contribution is 0.284. The average molecular weight is 467 g/mol. The molecule has 0 aromatic heterocycles. The zero-order valence-electron chi connectivity index (χ0n) is 16.1. The second-order valence-corrected chi connectivity index (χ2v) is 8.77. The van der Waals surface area contributed by atoms with Crippen LogP contribution in [-0.4, -0.2) is 15.5 Å². The van der Waals surface area contributed by atoms with Gasteiger partial charge in [-0.1, -0.05) is 35.3 Å². The minimum atomic E-state index is -3.71. The average Bonchev–Trinajstić information content (AvgIpc) is 2.72. The second kappa shape index (κ2) is 9.57. The van der Waals surface area contributed by atoms with E-state index in [2.05, 4.69) is 5.32 Å². The van der Waals surface area contributed by atoms with Gasteiger partial charge in [-0.25, -0.2) is 13.6 Å². The molecule has 0 amide bonds. The van der Waals surface area contributed by atoms with E-state index in [1.165, 1.54) is 12.1 Å². The summed E-state index contributed by atoms with van der Waals surface area (Å²) in [5.74, 6) is 1.14. The molecule has 3 N–H and O–H groups in total. The first kappa shape index (κ1) is 22.2. The van der Waals surface area contributed by atoms with Crippen molar-refractivity contribution in [3.63, 3.8) is 0 Å². The third-order valence-corrected chi connectivity index (χ3v) is 5.98. The summed E-state index contributed by atoms with van der Waals surface area (Å²) in [5.41, 5.74) is 2.41. The number of hydrogen-bond donors (Lipinski definition) is 2. The Morgan fingerprint density at radius 3 is 2.23 bits per heavy atom. The molecule has 0 bridgehead atoms. The number of benzene rings is 3. The van der Waals surface area contributed by atoms with Crippen molar-refractivity contribution < 1.29 is 17.9 Å². The Hall–Kier alpha value is -2.45. The highest BCUT2D eigenvalue weighted by molar-refractivity contribution is 7.89. The SMILES string of the molecule is COc1cc(CNc2ccc(S(N)(=O)=O)cc2)ccc1OCc1c(Cl)cccc1Cl. The highest BCUT2D eigenvalue weighted by atomic mass is 35.5. The van der Waals surface area contributed by atoms with Crippen LogP contribution in [0.1, 0.15) is 11.1 Å². The molecular formula is C21H20Cl2N2O4S. The lowest BCUT2D eigenvalue weighted by Gasteiger charge is -2.14. The topological polar surface area (TPSA) is 90.6 Å². The van der Waals surface area contributed by atoms with Crippen LogP contribution in [-0.2, 0) is 23.2 Å². The molecule has 0 spiro atoms. The van der Waals surface area contributed by atoms with Crippen molar-refractivity contribution in [1.29, 1.82) is 0 Å². The van der Waals surface area contributed by atoms with Crippen LogP contribution >= 0.6 is 23.2 Å². The number of anilines is 1. The van der Waals surface area contributed by atoms with Gasteiger partial charge in [0.15, 0.2) is 11.5 Å². The zero-order valence-corrected chi connectivity index (χ0v) is 18.4. The van der Waals surface area contributed by atoms with E-state index in [1.54, 1.807) is 37.4 Å². The van der Waals surface area contributed by atoms with Gasteiger partial charge in [-0.05, 0) is 54.1 Å². The smallest absolute Gasteiger partial charge is 0.238 e. The van der Waals surface area contributed by atoms with Gasteiger partial charge in [0.05, 0.1) is 12.0 Å². The van der Waals surface area contributed by atoms with Gasteiger partial charge in [0.25, 0.3) is 0 Å². The Labute approximate surface area is 185 Å². The normalized spacial score (nSPS) is 11.2. The molecule has 3 rings (SSSR count). The molecule has 9 heteroatoms. The molecule has 3 aromatic carbocycles. The van der Waals surface area contributed by atoms with Gasteiger partial charge in [-0.2, -0.15) is 0 Å². The first-order valence-corrected chi connectivity index (χ1v) is 11.2. The van der Waals surface area contributed by atoms with Gasteiger partial charge in [-0.3, -0.25) is 0 Å². The highest BCUT2D eigenvalue weighted by Gasteiger charge is 2.11. The third kappa shape index (κ3) is 5.58. The van der Waals surface area contributed by atoms with Crippen molar-refractivity contribution in [2.75, 3.05) is 12.4 Å². The molecule has 0 fully saturated rings. The number of ether oxygens (including phenoxy) is 2. The molecule has 0 unspecified atom stereocenters. The summed E-state index contributed by atoms with van der Waals surface area (Å²) in [6.07, 6.45) is 0. The van der Waals surface area contributed by atoms with Crippen LogP contribution in [0.3, 0.4) is 0 Å². The monoisotopic (exact) mass is 466 g/mol. The Bertz CT molecular complexity index is 1120. The van der Waals surface area contributed by atoms with Crippen LogP contribution in [0.5, 0.6) is 11.5 Å². The summed E-state index contributed by atoms with van der Waals surface area (Å²) in [6.45, 7) is 0.713. The van der Waals surface area contributed by atoms with E-state index in [0.717, 1.165) is 11.3 Å². The van der Waals surface area contributed by atoms with Crippen LogP contribution in [0.25, 0.3) is 0 Å². The molecule has 0 aliphatic rings. The molecule has 0 aliphatic carbocycles. The minimum absolute atomic E-state index is 0.0647. The van der Waals surface area contributed by atoms with Crippen LogP contribution in [0.15, 0.2) is 65.6 Å². The number of hydrogen-bond acceptors (Lipinski definition) is 5. The highest BCUT2D eigenvalue weighted by Crippen LogP contribution is 2.31. The zero-order chi connectivity index (χ0) is 21.7. The maximum absolute atomic E-state index is 11.3.